The summed E-state index contributed by atoms with van der Waals surface area (Å²) in [5.41, 5.74) is 2.77. The van der Waals surface area contributed by atoms with E-state index in [9.17, 15) is 18.7 Å². The molecule has 4 nitrogen and oxygen atoms in total. The number of benzene rings is 2. The number of anilines is 1. The maximum atomic E-state index is 13.2. The van der Waals surface area contributed by atoms with E-state index < -0.39 is 29.8 Å². The Morgan fingerprint density at radius 3 is 2.46 bits per heavy atom. The highest BCUT2D eigenvalue weighted by molar-refractivity contribution is 5.90. The number of aliphatic hydroxyl groups is 1. The summed E-state index contributed by atoms with van der Waals surface area (Å²) in [7, 11) is 0. The largest absolute Gasteiger partial charge is 0.386 e. The minimum atomic E-state index is -1.16. The van der Waals surface area contributed by atoms with Gasteiger partial charge in [-0.25, -0.2) is 13.6 Å². The zero-order chi connectivity index (χ0) is 17.9. The van der Waals surface area contributed by atoms with Gasteiger partial charge in [0.1, 0.15) is 0 Å². The number of hydrogen-bond donors (Lipinski definition) is 3. The van der Waals surface area contributed by atoms with Crippen molar-refractivity contribution in [3.05, 3.63) is 64.7 Å². The molecule has 2 unspecified atom stereocenters. The molecule has 6 heteroatoms. The minimum Gasteiger partial charge on any atom is -0.386 e. The molecule has 2 aromatic carbocycles. The number of urea groups is 1. The third-order valence-corrected chi connectivity index (χ3v) is 3.76. The Morgan fingerprint density at radius 1 is 1.08 bits per heavy atom. The molecule has 0 radical (unpaired) electrons. The van der Waals surface area contributed by atoms with Gasteiger partial charge in [-0.15, -0.1) is 0 Å². The molecule has 24 heavy (non-hydrogen) atoms. The van der Waals surface area contributed by atoms with E-state index >= 15 is 0 Å². The van der Waals surface area contributed by atoms with Gasteiger partial charge >= 0.3 is 6.03 Å². The standard InChI is InChI=1S/C18H20F2N2O2/c1-10-4-5-11(2)16(8-10)22-18(24)21-12(3)17(23)13-6-7-14(19)15(20)9-13/h4-9,12,17,23H,1-3H3,(H2,21,22,24). The van der Waals surface area contributed by atoms with E-state index in [0.717, 1.165) is 23.3 Å². The summed E-state index contributed by atoms with van der Waals surface area (Å²) >= 11 is 0. The molecule has 0 fully saturated rings. The number of halogens is 2. The smallest absolute Gasteiger partial charge is 0.319 e. The third kappa shape index (κ3) is 4.29. The van der Waals surface area contributed by atoms with Crippen LogP contribution in [0.5, 0.6) is 0 Å². The van der Waals surface area contributed by atoms with Gasteiger partial charge in [0.25, 0.3) is 0 Å². The van der Waals surface area contributed by atoms with Crippen molar-refractivity contribution in [3.63, 3.8) is 0 Å². The molecule has 2 amide bonds. The molecule has 0 aliphatic heterocycles. The van der Waals surface area contributed by atoms with Crippen LogP contribution in [-0.4, -0.2) is 17.2 Å². The lowest BCUT2D eigenvalue weighted by molar-refractivity contribution is 0.138. The third-order valence-electron chi connectivity index (χ3n) is 3.76. The van der Waals surface area contributed by atoms with Gasteiger partial charge in [0.05, 0.1) is 12.1 Å². The van der Waals surface area contributed by atoms with E-state index in [0.29, 0.717) is 5.69 Å². The zero-order valence-electron chi connectivity index (χ0n) is 13.7. The maximum absolute atomic E-state index is 13.2. The zero-order valence-corrected chi connectivity index (χ0v) is 13.7. The molecule has 0 aromatic heterocycles. The Labute approximate surface area is 139 Å². The van der Waals surface area contributed by atoms with Crippen LogP contribution in [0.3, 0.4) is 0 Å². The van der Waals surface area contributed by atoms with E-state index in [2.05, 4.69) is 10.6 Å². The molecular formula is C18H20F2N2O2. The van der Waals surface area contributed by atoms with Gasteiger partial charge in [0.15, 0.2) is 11.6 Å². The Balaban J connectivity index is 2.02. The fourth-order valence-electron chi connectivity index (χ4n) is 2.30. The van der Waals surface area contributed by atoms with Crippen molar-refractivity contribution in [1.29, 1.82) is 0 Å². The van der Waals surface area contributed by atoms with Crippen LogP contribution in [0.15, 0.2) is 36.4 Å². The van der Waals surface area contributed by atoms with Crippen molar-refractivity contribution in [3.8, 4) is 0 Å². The lowest BCUT2D eigenvalue weighted by atomic mass is 10.0. The van der Waals surface area contributed by atoms with Crippen LogP contribution in [0.25, 0.3) is 0 Å². The van der Waals surface area contributed by atoms with Crippen LogP contribution < -0.4 is 10.6 Å². The van der Waals surface area contributed by atoms with Gasteiger partial charge in [-0.2, -0.15) is 0 Å². The van der Waals surface area contributed by atoms with Crippen LogP contribution in [0.2, 0.25) is 0 Å². The molecule has 3 N–H and O–H groups in total. The van der Waals surface area contributed by atoms with Crippen LogP contribution in [-0.2, 0) is 0 Å². The summed E-state index contributed by atoms with van der Waals surface area (Å²) < 4.78 is 26.2. The topological polar surface area (TPSA) is 61.4 Å². The number of aliphatic hydroxyl groups excluding tert-OH is 1. The van der Waals surface area contributed by atoms with Gasteiger partial charge in [0.2, 0.25) is 0 Å². The normalized spacial score (nSPS) is 13.2. The van der Waals surface area contributed by atoms with Crippen molar-refractivity contribution >= 4 is 11.7 Å². The maximum Gasteiger partial charge on any atom is 0.319 e. The SMILES string of the molecule is Cc1ccc(C)c(NC(=O)NC(C)C(O)c2ccc(F)c(F)c2)c1. The number of amides is 2. The summed E-state index contributed by atoms with van der Waals surface area (Å²) in [5, 5.41) is 15.5. The summed E-state index contributed by atoms with van der Waals surface area (Å²) in [6.07, 6.45) is -1.16. The van der Waals surface area contributed by atoms with E-state index in [1.165, 1.54) is 6.07 Å². The second-order valence-corrected chi connectivity index (χ2v) is 5.82. The summed E-state index contributed by atoms with van der Waals surface area (Å²) in [6, 6.07) is 7.63. The summed E-state index contributed by atoms with van der Waals surface area (Å²) in [5.74, 6) is -2.03. The lowest BCUT2D eigenvalue weighted by Crippen LogP contribution is -2.39. The first kappa shape index (κ1) is 17.9. The average molecular weight is 334 g/mol. The van der Waals surface area contributed by atoms with Crippen molar-refractivity contribution in [2.75, 3.05) is 5.32 Å². The molecule has 2 rings (SSSR count). The van der Waals surface area contributed by atoms with Gasteiger partial charge in [-0.3, -0.25) is 0 Å². The first-order valence-corrected chi connectivity index (χ1v) is 7.55. The number of carbonyl (C=O) groups excluding carboxylic acids is 1. The second kappa shape index (κ2) is 7.40. The number of carbonyl (C=O) groups is 1. The molecule has 2 aromatic rings. The fraction of sp³-hybridized carbons (Fsp3) is 0.278. The predicted octanol–water partition coefficient (Wildman–Crippen LogP) is 3.83. The average Bonchev–Trinajstić information content (AvgIpc) is 2.52. The van der Waals surface area contributed by atoms with Gasteiger partial charge < -0.3 is 15.7 Å². The monoisotopic (exact) mass is 334 g/mol. The Hall–Kier alpha value is -2.47. The van der Waals surface area contributed by atoms with Crippen molar-refractivity contribution in [2.45, 2.75) is 32.9 Å². The highest BCUT2D eigenvalue weighted by Gasteiger charge is 2.20. The molecule has 0 aliphatic rings. The van der Waals surface area contributed by atoms with Gasteiger partial charge in [0, 0.05) is 5.69 Å². The van der Waals surface area contributed by atoms with Crippen molar-refractivity contribution < 1.29 is 18.7 Å². The first-order chi connectivity index (χ1) is 11.3. The highest BCUT2D eigenvalue weighted by atomic mass is 19.2. The quantitative estimate of drug-likeness (QED) is 0.796. The minimum absolute atomic E-state index is 0.188. The van der Waals surface area contributed by atoms with E-state index in [1.807, 2.05) is 32.0 Å². The van der Waals surface area contributed by atoms with Gasteiger partial charge in [-0.05, 0) is 55.7 Å². The molecule has 128 valence electrons. The second-order valence-electron chi connectivity index (χ2n) is 5.82. The summed E-state index contributed by atoms with van der Waals surface area (Å²) in [6.45, 7) is 5.36. The number of nitrogens with one attached hydrogen (secondary N) is 2. The van der Waals surface area contributed by atoms with Crippen LogP contribution in [0.1, 0.15) is 29.7 Å². The Bertz CT molecular complexity index is 750. The molecular weight excluding hydrogens is 314 g/mol. The fourth-order valence-corrected chi connectivity index (χ4v) is 2.30. The lowest BCUT2D eigenvalue weighted by Gasteiger charge is -2.21. The van der Waals surface area contributed by atoms with Crippen molar-refractivity contribution in [2.24, 2.45) is 0 Å². The van der Waals surface area contributed by atoms with E-state index in [1.54, 1.807) is 6.92 Å². The first-order valence-electron chi connectivity index (χ1n) is 7.55. The molecule has 0 saturated carbocycles. The van der Waals surface area contributed by atoms with Crippen LogP contribution in [0, 0.1) is 25.5 Å². The number of hydrogen-bond acceptors (Lipinski definition) is 2. The van der Waals surface area contributed by atoms with E-state index in [4.69, 9.17) is 0 Å². The number of aryl methyl sites for hydroxylation is 2. The van der Waals surface area contributed by atoms with Crippen LogP contribution in [0.4, 0.5) is 19.3 Å². The van der Waals surface area contributed by atoms with Gasteiger partial charge in [-0.1, -0.05) is 18.2 Å². The molecule has 0 aliphatic carbocycles. The molecule has 2 atom stereocenters. The molecule has 0 heterocycles. The predicted molar refractivity (Wildman–Crippen MR) is 88.9 cm³/mol. The highest BCUT2D eigenvalue weighted by Crippen LogP contribution is 2.20. The Kier molecular flexibility index (Phi) is 5.51. The van der Waals surface area contributed by atoms with Crippen molar-refractivity contribution in [1.82, 2.24) is 5.32 Å². The summed E-state index contributed by atoms with van der Waals surface area (Å²) in [4.78, 5) is 12.1. The molecule has 0 spiro atoms. The molecule has 0 bridgehead atoms. The van der Waals surface area contributed by atoms with E-state index in [-0.39, 0.29) is 5.56 Å². The Morgan fingerprint density at radius 2 is 1.79 bits per heavy atom. The number of rotatable bonds is 4. The molecule has 0 saturated heterocycles. The van der Waals surface area contributed by atoms with Crippen LogP contribution >= 0.6 is 0 Å².